The van der Waals surface area contributed by atoms with E-state index in [0.29, 0.717) is 24.7 Å². The van der Waals surface area contributed by atoms with E-state index in [-0.39, 0.29) is 11.3 Å². The Bertz CT molecular complexity index is 798. The average Bonchev–Trinajstić information content (AvgIpc) is 3.30. The van der Waals surface area contributed by atoms with E-state index in [1.54, 1.807) is 0 Å². The fourth-order valence-corrected chi connectivity index (χ4v) is 3.47. The van der Waals surface area contributed by atoms with Crippen LogP contribution in [-0.4, -0.2) is 45.3 Å². The number of aldehydes is 1. The van der Waals surface area contributed by atoms with Gasteiger partial charge >= 0.3 is 15.6 Å². The van der Waals surface area contributed by atoms with Gasteiger partial charge in [0, 0.05) is 7.11 Å². The maximum atomic E-state index is 12.8. The number of nitrogens with zero attached hydrogens (tertiary/aromatic N) is 2. The molecule has 2 atom stereocenters. The van der Waals surface area contributed by atoms with Crippen molar-refractivity contribution in [2.45, 2.75) is 57.7 Å². The largest absolute Gasteiger partial charge is 0.534 e. The molecule has 1 aliphatic heterocycles. The highest BCUT2D eigenvalue weighted by atomic mass is 32.2. The summed E-state index contributed by atoms with van der Waals surface area (Å²) in [6.07, 6.45) is 4.72. The first-order valence-corrected chi connectivity index (χ1v) is 10.1. The molecule has 0 N–H and O–H groups in total. The lowest BCUT2D eigenvalue weighted by atomic mass is 9.89. The van der Waals surface area contributed by atoms with Crippen LogP contribution in [0.2, 0.25) is 0 Å². The number of aliphatic imine (C=N–C) groups is 2. The topological polar surface area (TPSA) is 94.4 Å². The Morgan fingerprint density at radius 1 is 1.36 bits per heavy atom. The van der Waals surface area contributed by atoms with Crippen LogP contribution in [-0.2, 0) is 23.8 Å². The van der Waals surface area contributed by atoms with E-state index in [1.807, 2.05) is 0 Å². The Morgan fingerprint density at radius 3 is 2.50 bits per heavy atom. The quantitative estimate of drug-likeness (QED) is 0.258. The van der Waals surface area contributed by atoms with Crippen molar-refractivity contribution < 1.29 is 35.3 Å². The summed E-state index contributed by atoms with van der Waals surface area (Å²) in [6.45, 7) is 3.51. The molecule has 0 aromatic heterocycles. The van der Waals surface area contributed by atoms with Gasteiger partial charge in [-0.2, -0.15) is 21.6 Å². The van der Waals surface area contributed by atoms with Crippen LogP contribution in [0.1, 0.15) is 46.0 Å². The predicted octanol–water partition coefficient (Wildman–Crippen LogP) is 3.37. The zero-order valence-electron chi connectivity index (χ0n) is 15.8. The van der Waals surface area contributed by atoms with Crippen LogP contribution in [0.4, 0.5) is 13.2 Å². The van der Waals surface area contributed by atoms with Crippen molar-refractivity contribution in [2.24, 2.45) is 21.3 Å². The van der Waals surface area contributed by atoms with E-state index in [1.165, 1.54) is 20.1 Å². The van der Waals surface area contributed by atoms with Crippen molar-refractivity contribution in [1.82, 2.24) is 0 Å². The monoisotopic (exact) mass is 424 g/mol. The molecule has 1 aliphatic carbocycles. The summed E-state index contributed by atoms with van der Waals surface area (Å²) in [7, 11) is -4.65. The molecule has 1 fully saturated rings. The first kappa shape index (κ1) is 22.5. The fourth-order valence-electron chi connectivity index (χ4n) is 3.01. The average molecular weight is 424 g/mol. The second-order valence-corrected chi connectivity index (χ2v) is 8.79. The molecular formula is C17H23F3N2O5S. The molecule has 0 spiro atoms. The zero-order valence-corrected chi connectivity index (χ0v) is 16.6. The van der Waals surface area contributed by atoms with Crippen LogP contribution in [0, 0.1) is 11.3 Å². The van der Waals surface area contributed by atoms with E-state index in [9.17, 15) is 26.4 Å². The summed E-state index contributed by atoms with van der Waals surface area (Å²) in [5, 5.41) is 0. The number of alkyl halides is 3. The first-order valence-electron chi connectivity index (χ1n) is 8.73. The summed E-state index contributed by atoms with van der Waals surface area (Å²) in [6, 6.07) is 0. The lowest BCUT2D eigenvalue weighted by Gasteiger charge is -2.29. The second kappa shape index (κ2) is 8.32. The minimum atomic E-state index is -5.92. The minimum Gasteiger partial charge on any atom is -0.359 e. The standard InChI is InChI=1S/C17H23F3N2O5S/c1-11-21-14(26-3)13(15(22-11)27-28(24,25)17(18,19)20)12(6-10-23)5-4-7-16(2)8-9-16/h6,10,13-14H,4-5,7-9H2,1-3H3/b12-6-. The zero-order chi connectivity index (χ0) is 21.2. The van der Waals surface area contributed by atoms with Crippen molar-refractivity contribution in [3.05, 3.63) is 11.6 Å². The molecule has 2 aliphatic rings. The van der Waals surface area contributed by atoms with Crippen LogP contribution < -0.4 is 0 Å². The number of methoxy groups -OCH3 is 1. The molecule has 158 valence electrons. The summed E-state index contributed by atoms with van der Waals surface area (Å²) < 4.78 is 70.9. The maximum Gasteiger partial charge on any atom is 0.534 e. The van der Waals surface area contributed by atoms with Gasteiger partial charge in [-0.05, 0) is 50.5 Å². The van der Waals surface area contributed by atoms with Gasteiger partial charge in [0.2, 0.25) is 5.90 Å². The third-order valence-electron chi connectivity index (χ3n) is 4.89. The van der Waals surface area contributed by atoms with Gasteiger partial charge < -0.3 is 8.92 Å². The van der Waals surface area contributed by atoms with Gasteiger partial charge in [0.05, 0.1) is 0 Å². The Morgan fingerprint density at radius 2 is 2.00 bits per heavy atom. The van der Waals surface area contributed by atoms with Gasteiger partial charge in [-0.25, -0.2) is 9.98 Å². The third-order valence-corrected chi connectivity index (χ3v) is 5.85. The predicted molar refractivity (Wildman–Crippen MR) is 96.2 cm³/mol. The number of hydrogen-bond donors (Lipinski definition) is 0. The minimum absolute atomic E-state index is 0.00594. The normalized spacial score (nSPS) is 25.0. The lowest BCUT2D eigenvalue weighted by Crippen LogP contribution is -2.39. The molecule has 1 saturated carbocycles. The van der Waals surface area contributed by atoms with Crippen LogP contribution in [0.5, 0.6) is 0 Å². The van der Waals surface area contributed by atoms with Crippen molar-refractivity contribution in [3.63, 3.8) is 0 Å². The van der Waals surface area contributed by atoms with Crippen LogP contribution >= 0.6 is 0 Å². The van der Waals surface area contributed by atoms with Gasteiger partial charge in [0.1, 0.15) is 18.0 Å². The molecule has 0 aromatic rings. The van der Waals surface area contributed by atoms with Gasteiger partial charge in [0.15, 0.2) is 6.23 Å². The molecule has 0 bridgehead atoms. The SMILES string of the molecule is COC1N=C(C)N=C(OS(=O)(=O)C(F)(F)F)C1/C(=C\C=O)CCCC1(C)CC1. The van der Waals surface area contributed by atoms with Gasteiger partial charge in [0.25, 0.3) is 0 Å². The van der Waals surface area contributed by atoms with E-state index >= 15 is 0 Å². The molecule has 0 saturated heterocycles. The highest BCUT2D eigenvalue weighted by Gasteiger charge is 2.51. The molecule has 2 rings (SSSR count). The van der Waals surface area contributed by atoms with E-state index in [4.69, 9.17) is 4.74 Å². The summed E-state index contributed by atoms with van der Waals surface area (Å²) in [5.41, 5.74) is -5.00. The van der Waals surface area contributed by atoms with Crippen LogP contribution in [0.15, 0.2) is 21.6 Å². The van der Waals surface area contributed by atoms with Crippen molar-refractivity contribution in [1.29, 1.82) is 0 Å². The molecule has 2 unspecified atom stereocenters. The van der Waals surface area contributed by atoms with Crippen molar-refractivity contribution in [2.75, 3.05) is 7.11 Å². The first-order chi connectivity index (χ1) is 12.9. The van der Waals surface area contributed by atoms with Gasteiger partial charge in [-0.15, -0.1) is 0 Å². The van der Waals surface area contributed by atoms with Crippen LogP contribution in [0.25, 0.3) is 0 Å². The molecule has 0 radical (unpaired) electrons. The number of amidine groups is 1. The van der Waals surface area contributed by atoms with Gasteiger partial charge in [-0.1, -0.05) is 12.5 Å². The molecular weight excluding hydrogens is 401 g/mol. The van der Waals surface area contributed by atoms with Gasteiger partial charge in [-0.3, -0.25) is 4.79 Å². The fraction of sp³-hybridized carbons (Fsp3) is 0.706. The Labute approximate surface area is 161 Å². The van der Waals surface area contributed by atoms with E-state index in [0.717, 1.165) is 19.3 Å². The Hall–Kier alpha value is -1.75. The van der Waals surface area contributed by atoms with Crippen LogP contribution in [0.3, 0.4) is 0 Å². The third kappa shape index (κ3) is 5.40. The Kier molecular flexibility index (Phi) is 6.70. The number of halogens is 3. The maximum absolute atomic E-state index is 12.8. The highest BCUT2D eigenvalue weighted by molar-refractivity contribution is 7.88. The van der Waals surface area contributed by atoms with Crippen molar-refractivity contribution in [3.8, 4) is 0 Å². The Balaban J connectivity index is 2.32. The number of allylic oxidation sites excluding steroid dienone is 1. The van der Waals surface area contributed by atoms with E-state index in [2.05, 4.69) is 21.1 Å². The van der Waals surface area contributed by atoms with Crippen molar-refractivity contribution >= 4 is 28.1 Å². The smallest absolute Gasteiger partial charge is 0.359 e. The lowest BCUT2D eigenvalue weighted by molar-refractivity contribution is -0.104. The summed E-state index contributed by atoms with van der Waals surface area (Å²) in [4.78, 5) is 19.0. The van der Waals surface area contributed by atoms with E-state index < -0.39 is 33.7 Å². The molecule has 0 amide bonds. The number of rotatable bonds is 8. The number of carbonyl (C=O) groups excluding carboxylic acids is 1. The molecule has 7 nitrogen and oxygen atoms in total. The summed E-state index contributed by atoms with van der Waals surface area (Å²) in [5.74, 6) is -1.85. The number of hydrogen-bond acceptors (Lipinski definition) is 7. The second-order valence-electron chi connectivity index (χ2n) is 7.26. The number of carbonyl (C=O) groups is 1. The molecule has 28 heavy (non-hydrogen) atoms. The summed E-state index contributed by atoms with van der Waals surface area (Å²) >= 11 is 0. The molecule has 1 heterocycles. The number of ether oxygens (including phenoxy) is 1. The highest BCUT2D eigenvalue weighted by Crippen LogP contribution is 2.49. The molecule has 0 aromatic carbocycles. The molecule has 11 heteroatoms.